The predicted molar refractivity (Wildman–Crippen MR) is 108 cm³/mol. The second-order valence-corrected chi connectivity index (χ2v) is 8.02. The summed E-state index contributed by atoms with van der Waals surface area (Å²) in [5.74, 6) is 1.06. The maximum absolute atomic E-state index is 10.9. The van der Waals surface area contributed by atoms with Gasteiger partial charge in [0.2, 0.25) is 0 Å². The van der Waals surface area contributed by atoms with Crippen LogP contribution in [0.15, 0.2) is 12.1 Å². The molecule has 0 radical (unpaired) electrons. The summed E-state index contributed by atoms with van der Waals surface area (Å²) in [7, 11) is 0. The molecule has 0 aliphatic carbocycles. The lowest BCUT2D eigenvalue weighted by Gasteiger charge is -2.29. The lowest BCUT2D eigenvalue weighted by atomic mass is 9.95. The van der Waals surface area contributed by atoms with Gasteiger partial charge in [-0.25, -0.2) is 0 Å². The third-order valence-corrected chi connectivity index (χ3v) is 5.64. The third-order valence-electron chi connectivity index (χ3n) is 5.64. The van der Waals surface area contributed by atoms with Gasteiger partial charge in [0.1, 0.15) is 5.75 Å². The zero-order valence-corrected chi connectivity index (χ0v) is 16.8. The summed E-state index contributed by atoms with van der Waals surface area (Å²) < 4.78 is 0. The standard InChI is InChI=1S/C21H34N2O.ClH/c1-17(2)18-13-19(15-22-9-5-3-6-10-22)21(24)20(14-18)16-23-11-7-4-8-12-23;/h13-14,17,24H,3-12,15-16H2,1-2H3;1H. The molecule has 2 saturated heterocycles. The molecule has 0 spiro atoms. The summed E-state index contributed by atoms with van der Waals surface area (Å²) in [5, 5.41) is 10.9. The molecule has 0 bridgehead atoms. The van der Waals surface area contributed by atoms with Gasteiger partial charge in [-0.05, 0) is 63.3 Å². The van der Waals surface area contributed by atoms with Crippen molar-refractivity contribution >= 4 is 12.4 Å². The average molecular weight is 367 g/mol. The number of phenolic OH excluding ortho intramolecular Hbond substituents is 1. The summed E-state index contributed by atoms with van der Waals surface area (Å²) in [6.07, 6.45) is 7.90. The van der Waals surface area contributed by atoms with E-state index < -0.39 is 0 Å². The minimum atomic E-state index is 0. The Balaban J connectivity index is 0.00000225. The van der Waals surface area contributed by atoms with E-state index in [1.54, 1.807) is 0 Å². The van der Waals surface area contributed by atoms with Crippen molar-refractivity contribution in [3.63, 3.8) is 0 Å². The number of piperidine rings is 2. The van der Waals surface area contributed by atoms with Crippen molar-refractivity contribution in [3.8, 4) is 5.75 Å². The molecule has 1 aromatic rings. The van der Waals surface area contributed by atoms with Gasteiger partial charge in [-0.15, -0.1) is 12.4 Å². The number of nitrogens with zero attached hydrogens (tertiary/aromatic N) is 2. The van der Waals surface area contributed by atoms with Gasteiger partial charge in [-0.1, -0.05) is 38.8 Å². The largest absolute Gasteiger partial charge is 0.507 e. The number of rotatable bonds is 5. The highest BCUT2D eigenvalue weighted by atomic mass is 35.5. The Morgan fingerprint density at radius 2 is 1.20 bits per heavy atom. The Morgan fingerprint density at radius 3 is 1.56 bits per heavy atom. The van der Waals surface area contributed by atoms with E-state index in [0.717, 1.165) is 24.2 Å². The van der Waals surface area contributed by atoms with Crippen LogP contribution in [0.5, 0.6) is 5.75 Å². The molecule has 0 aromatic heterocycles. The molecule has 142 valence electrons. The number of aromatic hydroxyl groups is 1. The van der Waals surface area contributed by atoms with E-state index in [4.69, 9.17) is 0 Å². The second kappa shape index (κ2) is 9.80. The van der Waals surface area contributed by atoms with Gasteiger partial charge in [-0.3, -0.25) is 9.80 Å². The quantitative estimate of drug-likeness (QED) is 0.802. The van der Waals surface area contributed by atoms with Crippen LogP contribution in [0, 0.1) is 0 Å². The monoisotopic (exact) mass is 366 g/mol. The first-order chi connectivity index (χ1) is 11.6. The Kier molecular flexibility index (Phi) is 8.05. The summed E-state index contributed by atoms with van der Waals surface area (Å²) in [4.78, 5) is 5.01. The van der Waals surface area contributed by atoms with E-state index in [0.29, 0.717) is 11.7 Å². The van der Waals surface area contributed by atoms with Gasteiger partial charge in [0.25, 0.3) is 0 Å². The van der Waals surface area contributed by atoms with Gasteiger partial charge >= 0.3 is 0 Å². The van der Waals surface area contributed by atoms with Crippen LogP contribution in [0.4, 0.5) is 0 Å². The maximum atomic E-state index is 10.9. The van der Waals surface area contributed by atoms with Gasteiger partial charge in [-0.2, -0.15) is 0 Å². The molecule has 1 N–H and O–H groups in total. The highest BCUT2D eigenvalue weighted by molar-refractivity contribution is 5.85. The van der Waals surface area contributed by atoms with Crippen LogP contribution >= 0.6 is 12.4 Å². The molecule has 0 atom stereocenters. The van der Waals surface area contributed by atoms with Crippen molar-refractivity contribution in [1.29, 1.82) is 0 Å². The third kappa shape index (κ3) is 5.60. The van der Waals surface area contributed by atoms with Gasteiger partial charge < -0.3 is 5.11 Å². The van der Waals surface area contributed by atoms with E-state index in [2.05, 4.69) is 35.8 Å². The maximum Gasteiger partial charge on any atom is 0.124 e. The van der Waals surface area contributed by atoms with Gasteiger partial charge in [0.05, 0.1) is 0 Å². The molecule has 2 heterocycles. The van der Waals surface area contributed by atoms with Crippen molar-refractivity contribution in [2.75, 3.05) is 26.2 Å². The lowest BCUT2D eigenvalue weighted by Crippen LogP contribution is -2.30. The van der Waals surface area contributed by atoms with Crippen LogP contribution in [0.25, 0.3) is 0 Å². The number of phenols is 1. The fourth-order valence-electron chi connectivity index (χ4n) is 4.08. The first-order valence-electron chi connectivity index (χ1n) is 9.93. The minimum Gasteiger partial charge on any atom is -0.507 e. The minimum absolute atomic E-state index is 0. The summed E-state index contributed by atoms with van der Waals surface area (Å²) in [5.41, 5.74) is 3.64. The number of likely N-dealkylation sites (tertiary alicyclic amines) is 2. The van der Waals surface area contributed by atoms with Crippen LogP contribution in [-0.4, -0.2) is 41.1 Å². The zero-order chi connectivity index (χ0) is 16.9. The fraction of sp³-hybridized carbons (Fsp3) is 0.714. The molecule has 3 nitrogen and oxygen atoms in total. The van der Waals surface area contributed by atoms with E-state index in [-0.39, 0.29) is 12.4 Å². The number of benzene rings is 1. The number of hydrogen-bond donors (Lipinski definition) is 1. The molecular weight excluding hydrogens is 332 g/mol. The molecular formula is C21H35ClN2O. The average Bonchev–Trinajstić information content (AvgIpc) is 2.60. The summed E-state index contributed by atoms with van der Waals surface area (Å²) in [6.45, 7) is 11.0. The fourth-order valence-corrected chi connectivity index (χ4v) is 4.08. The Labute approximate surface area is 159 Å². The Morgan fingerprint density at radius 1 is 0.800 bits per heavy atom. The van der Waals surface area contributed by atoms with Crippen molar-refractivity contribution in [1.82, 2.24) is 9.80 Å². The molecule has 3 rings (SSSR count). The Bertz CT molecular complexity index is 494. The molecule has 25 heavy (non-hydrogen) atoms. The van der Waals surface area contributed by atoms with Crippen molar-refractivity contribution in [2.24, 2.45) is 0 Å². The first kappa shape index (κ1) is 20.5. The predicted octanol–water partition coefficient (Wildman–Crippen LogP) is 4.91. The van der Waals surface area contributed by atoms with E-state index in [1.807, 2.05) is 0 Å². The summed E-state index contributed by atoms with van der Waals surface area (Å²) in [6, 6.07) is 4.49. The van der Waals surface area contributed by atoms with E-state index >= 15 is 0 Å². The highest BCUT2D eigenvalue weighted by Crippen LogP contribution is 2.31. The molecule has 2 aliphatic rings. The van der Waals surface area contributed by atoms with Crippen LogP contribution in [0.3, 0.4) is 0 Å². The summed E-state index contributed by atoms with van der Waals surface area (Å²) >= 11 is 0. The highest BCUT2D eigenvalue weighted by Gasteiger charge is 2.19. The molecule has 1 aromatic carbocycles. The smallest absolute Gasteiger partial charge is 0.124 e. The van der Waals surface area contributed by atoms with E-state index in [1.165, 1.54) is 70.3 Å². The van der Waals surface area contributed by atoms with Crippen LogP contribution in [0.1, 0.15) is 75.0 Å². The van der Waals surface area contributed by atoms with Crippen LogP contribution in [0.2, 0.25) is 0 Å². The second-order valence-electron chi connectivity index (χ2n) is 8.02. The molecule has 2 aliphatic heterocycles. The molecule has 2 fully saturated rings. The lowest BCUT2D eigenvalue weighted by molar-refractivity contribution is 0.213. The number of hydrogen-bond acceptors (Lipinski definition) is 3. The van der Waals surface area contributed by atoms with Crippen LogP contribution < -0.4 is 0 Å². The normalized spacial score (nSPS) is 19.8. The van der Waals surface area contributed by atoms with Crippen molar-refractivity contribution < 1.29 is 5.11 Å². The SMILES string of the molecule is CC(C)c1cc(CN2CCCCC2)c(O)c(CN2CCCCC2)c1.Cl. The van der Waals surface area contributed by atoms with Gasteiger partial charge in [0, 0.05) is 24.2 Å². The molecule has 0 saturated carbocycles. The first-order valence-corrected chi connectivity index (χ1v) is 9.93. The molecule has 0 amide bonds. The molecule has 4 heteroatoms. The number of halogens is 1. The van der Waals surface area contributed by atoms with Crippen LogP contribution in [-0.2, 0) is 13.1 Å². The molecule has 0 unspecified atom stereocenters. The zero-order valence-electron chi connectivity index (χ0n) is 16.0. The van der Waals surface area contributed by atoms with E-state index in [9.17, 15) is 5.11 Å². The Hall–Kier alpha value is -0.770. The van der Waals surface area contributed by atoms with Gasteiger partial charge in [0.15, 0.2) is 0 Å². The van der Waals surface area contributed by atoms with Crippen molar-refractivity contribution in [2.45, 2.75) is 71.4 Å². The topological polar surface area (TPSA) is 26.7 Å². The van der Waals surface area contributed by atoms with Crippen molar-refractivity contribution in [3.05, 3.63) is 28.8 Å².